The summed E-state index contributed by atoms with van der Waals surface area (Å²) in [5.74, 6) is 1.26. The van der Waals surface area contributed by atoms with Crippen molar-refractivity contribution in [3.63, 3.8) is 0 Å². The number of carbonyl (C=O) groups is 1. The van der Waals surface area contributed by atoms with Crippen molar-refractivity contribution < 1.29 is 14.3 Å². The Bertz CT molecular complexity index is 594. The molecule has 2 aromatic rings. The van der Waals surface area contributed by atoms with E-state index in [-0.39, 0.29) is 5.97 Å². The molecule has 0 saturated carbocycles. The molecule has 0 spiro atoms. The van der Waals surface area contributed by atoms with E-state index in [1.165, 1.54) is 0 Å². The molecule has 0 saturated heterocycles. The van der Waals surface area contributed by atoms with Crippen LogP contribution >= 0.6 is 21.6 Å². The van der Waals surface area contributed by atoms with Gasteiger partial charge in [-0.15, -0.1) is 0 Å². The minimum atomic E-state index is -0.185. The second kappa shape index (κ2) is 8.76. The molecule has 0 heterocycles. The molecule has 22 heavy (non-hydrogen) atoms. The Morgan fingerprint density at radius 2 is 1.41 bits per heavy atom. The summed E-state index contributed by atoms with van der Waals surface area (Å²) in [4.78, 5) is 13.7. The van der Waals surface area contributed by atoms with Crippen LogP contribution in [0.2, 0.25) is 0 Å². The Balaban J connectivity index is 1.86. The molecule has 116 valence electrons. The van der Waals surface area contributed by atoms with Gasteiger partial charge in [-0.1, -0.05) is 28.5 Å². The lowest BCUT2D eigenvalue weighted by Gasteiger charge is -2.05. The number of carbonyl (C=O) groups excluding carboxylic acids is 1. The molecule has 0 amide bonds. The summed E-state index contributed by atoms with van der Waals surface area (Å²) in [6.45, 7) is 1.96. The molecule has 3 nitrogen and oxygen atoms in total. The lowest BCUT2D eigenvalue weighted by Crippen LogP contribution is -2.06. The van der Waals surface area contributed by atoms with Gasteiger partial charge in [0.1, 0.15) is 11.5 Å². The maximum Gasteiger partial charge on any atom is 0.311 e. The number of benzene rings is 2. The molecule has 0 aliphatic carbocycles. The van der Waals surface area contributed by atoms with Crippen molar-refractivity contribution in [3.05, 3.63) is 48.5 Å². The standard InChI is InChI=1S/C17H18O3S2/c1-3-4-17(18)20-14-7-11-16(12-8-14)22-21-15-9-5-13(19-2)6-10-15/h5-12H,3-4H2,1-2H3. The number of rotatable bonds is 7. The highest BCUT2D eigenvalue weighted by atomic mass is 33.1. The third-order valence-electron chi connectivity index (χ3n) is 2.80. The van der Waals surface area contributed by atoms with E-state index >= 15 is 0 Å². The molecule has 0 bridgehead atoms. The fourth-order valence-corrected chi connectivity index (χ4v) is 3.61. The maximum atomic E-state index is 11.4. The van der Waals surface area contributed by atoms with Crippen LogP contribution in [0.15, 0.2) is 58.3 Å². The van der Waals surface area contributed by atoms with Gasteiger partial charge in [0.15, 0.2) is 0 Å². The molecule has 0 aliphatic heterocycles. The van der Waals surface area contributed by atoms with Crippen LogP contribution < -0.4 is 9.47 Å². The van der Waals surface area contributed by atoms with Crippen molar-refractivity contribution in [2.24, 2.45) is 0 Å². The van der Waals surface area contributed by atoms with Gasteiger partial charge in [-0.05, 0) is 55.0 Å². The molecule has 0 fully saturated rings. The van der Waals surface area contributed by atoms with Gasteiger partial charge in [-0.25, -0.2) is 0 Å². The van der Waals surface area contributed by atoms with Crippen molar-refractivity contribution in [1.82, 2.24) is 0 Å². The van der Waals surface area contributed by atoms with E-state index in [0.717, 1.165) is 22.0 Å². The number of hydrogen-bond donors (Lipinski definition) is 0. The van der Waals surface area contributed by atoms with Crippen LogP contribution in [-0.4, -0.2) is 13.1 Å². The van der Waals surface area contributed by atoms with Crippen molar-refractivity contribution in [2.75, 3.05) is 7.11 Å². The topological polar surface area (TPSA) is 35.5 Å². The van der Waals surface area contributed by atoms with Crippen LogP contribution in [-0.2, 0) is 4.79 Å². The minimum Gasteiger partial charge on any atom is -0.497 e. The summed E-state index contributed by atoms with van der Waals surface area (Å²) in [6.07, 6.45) is 1.25. The third-order valence-corrected chi connectivity index (χ3v) is 5.22. The average molecular weight is 334 g/mol. The van der Waals surface area contributed by atoms with E-state index in [2.05, 4.69) is 0 Å². The molecule has 0 aromatic heterocycles. The Kier molecular flexibility index (Phi) is 6.68. The van der Waals surface area contributed by atoms with Crippen LogP contribution in [0.3, 0.4) is 0 Å². The molecule has 0 N–H and O–H groups in total. The second-order valence-electron chi connectivity index (χ2n) is 4.54. The Hall–Kier alpha value is -1.59. The summed E-state index contributed by atoms with van der Waals surface area (Å²) in [5.41, 5.74) is 0. The highest BCUT2D eigenvalue weighted by Crippen LogP contribution is 2.38. The predicted molar refractivity (Wildman–Crippen MR) is 91.7 cm³/mol. The molecular weight excluding hydrogens is 316 g/mol. The first kappa shape index (κ1) is 16.8. The molecule has 5 heteroatoms. The van der Waals surface area contributed by atoms with Crippen LogP contribution in [0.25, 0.3) is 0 Å². The quantitative estimate of drug-likeness (QED) is 0.395. The van der Waals surface area contributed by atoms with Crippen molar-refractivity contribution in [1.29, 1.82) is 0 Å². The van der Waals surface area contributed by atoms with Gasteiger partial charge in [0.25, 0.3) is 0 Å². The summed E-state index contributed by atoms with van der Waals surface area (Å²) >= 11 is 0. The minimum absolute atomic E-state index is 0.185. The zero-order valence-corrected chi connectivity index (χ0v) is 14.2. The number of ether oxygens (including phenoxy) is 2. The zero-order valence-electron chi connectivity index (χ0n) is 12.6. The van der Waals surface area contributed by atoms with Crippen molar-refractivity contribution >= 4 is 27.6 Å². The number of esters is 1. The Morgan fingerprint density at radius 3 is 1.86 bits per heavy atom. The second-order valence-corrected chi connectivity index (χ2v) is 6.81. The Labute approximate surface area is 138 Å². The molecule has 0 unspecified atom stereocenters. The highest BCUT2D eigenvalue weighted by Gasteiger charge is 2.04. The van der Waals surface area contributed by atoms with Gasteiger partial charge in [0.2, 0.25) is 0 Å². The zero-order chi connectivity index (χ0) is 15.8. The van der Waals surface area contributed by atoms with E-state index < -0.39 is 0 Å². The lowest BCUT2D eigenvalue weighted by atomic mass is 10.3. The smallest absolute Gasteiger partial charge is 0.311 e. The van der Waals surface area contributed by atoms with E-state index in [9.17, 15) is 4.79 Å². The van der Waals surface area contributed by atoms with Crippen molar-refractivity contribution in [3.8, 4) is 11.5 Å². The highest BCUT2D eigenvalue weighted by molar-refractivity contribution is 8.76. The fraction of sp³-hybridized carbons (Fsp3) is 0.235. The maximum absolute atomic E-state index is 11.4. The largest absolute Gasteiger partial charge is 0.497 e. The van der Waals surface area contributed by atoms with E-state index in [4.69, 9.17) is 9.47 Å². The summed E-state index contributed by atoms with van der Waals surface area (Å²) in [7, 11) is 4.99. The van der Waals surface area contributed by atoms with Crippen LogP contribution in [0.5, 0.6) is 11.5 Å². The van der Waals surface area contributed by atoms with Gasteiger partial charge in [-0.3, -0.25) is 4.79 Å². The summed E-state index contributed by atoms with van der Waals surface area (Å²) in [5, 5.41) is 0. The van der Waals surface area contributed by atoms with E-state index in [0.29, 0.717) is 12.2 Å². The first-order chi connectivity index (χ1) is 10.7. The molecule has 0 radical (unpaired) electrons. The lowest BCUT2D eigenvalue weighted by molar-refractivity contribution is -0.134. The van der Waals surface area contributed by atoms with Crippen LogP contribution in [0.4, 0.5) is 0 Å². The van der Waals surface area contributed by atoms with Gasteiger partial charge in [0, 0.05) is 16.2 Å². The SMILES string of the molecule is CCCC(=O)Oc1ccc(SSc2ccc(OC)cc2)cc1. The van der Waals surface area contributed by atoms with Crippen molar-refractivity contribution in [2.45, 2.75) is 29.6 Å². The van der Waals surface area contributed by atoms with Gasteiger partial charge in [0.05, 0.1) is 7.11 Å². The Morgan fingerprint density at radius 1 is 0.909 bits per heavy atom. The molecule has 2 aromatic carbocycles. The molecular formula is C17H18O3S2. The first-order valence-corrected chi connectivity index (χ1v) is 9.15. The monoisotopic (exact) mass is 334 g/mol. The summed E-state index contributed by atoms with van der Waals surface area (Å²) in [6, 6.07) is 15.5. The van der Waals surface area contributed by atoms with E-state index in [1.807, 2.05) is 55.5 Å². The van der Waals surface area contributed by atoms with Gasteiger partial charge < -0.3 is 9.47 Å². The molecule has 2 rings (SSSR count). The normalized spacial score (nSPS) is 10.3. The van der Waals surface area contributed by atoms with Gasteiger partial charge in [-0.2, -0.15) is 0 Å². The molecule has 0 atom stereocenters. The van der Waals surface area contributed by atoms with Crippen LogP contribution in [0.1, 0.15) is 19.8 Å². The number of hydrogen-bond acceptors (Lipinski definition) is 5. The van der Waals surface area contributed by atoms with Crippen LogP contribution in [0, 0.1) is 0 Å². The third kappa shape index (κ3) is 5.31. The molecule has 0 aliphatic rings. The fourth-order valence-electron chi connectivity index (χ4n) is 1.68. The average Bonchev–Trinajstić information content (AvgIpc) is 2.55. The van der Waals surface area contributed by atoms with Gasteiger partial charge >= 0.3 is 5.97 Å². The number of methoxy groups -OCH3 is 1. The van der Waals surface area contributed by atoms with E-state index in [1.54, 1.807) is 28.7 Å². The predicted octanol–water partition coefficient (Wildman–Crippen LogP) is 5.20. The summed E-state index contributed by atoms with van der Waals surface area (Å²) < 4.78 is 10.4. The first-order valence-electron chi connectivity index (χ1n) is 7.00.